The Morgan fingerprint density at radius 3 is 2.94 bits per heavy atom. The summed E-state index contributed by atoms with van der Waals surface area (Å²) in [5.74, 6) is 0.0135. The summed E-state index contributed by atoms with van der Waals surface area (Å²) in [6.07, 6.45) is 0.413. The SMILES string of the molecule is CNC(=O)c1noc(Cc2ccccc2N)n1. The number of nitrogens with one attached hydrogen (secondary N) is 1. The Kier molecular flexibility index (Phi) is 3.04. The lowest BCUT2D eigenvalue weighted by molar-refractivity contribution is 0.0950. The summed E-state index contributed by atoms with van der Waals surface area (Å²) in [6, 6.07) is 7.40. The molecule has 0 aliphatic carbocycles. The molecule has 1 amide bonds. The van der Waals surface area contributed by atoms with E-state index in [1.807, 2.05) is 18.2 Å². The molecule has 0 aliphatic heterocycles. The molecule has 0 radical (unpaired) electrons. The molecule has 2 aromatic rings. The third-order valence-corrected chi connectivity index (χ3v) is 2.30. The molecule has 1 aromatic heterocycles. The third kappa shape index (κ3) is 2.41. The Labute approximate surface area is 97.8 Å². The zero-order valence-corrected chi connectivity index (χ0v) is 9.30. The lowest BCUT2D eigenvalue weighted by atomic mass is 10.1. The van der Waals surface area contributed by atoms with E-state index in [9.17, 15) is 4.79 Å². The van der Waals surface area contributed by atoms with Crippen molar-refractivity contribution in [2.75, 3.05) is 12.8 Å². The highest BCUT2D eigenvalue weighted by Gasteiger charge is 2.13. The summed E-state index contributed by atoms with van der Waals surface area (Å²) < 4.78 is 4.97. The van der Waals surface area contributed by atoms with Gasteiger partial charge in [0.15, 0.2) is 0 Å². The lowest BCUT2D eigenvalue weighted by Gasteiger charge is -2.00. The van der Waals surface area contributed by atoms with Gasteiger partial charge in [-0.1, -0.05) is 23.4 Å². The second kappa shape index (κ2) is 4.65. The first-order valence-electron chi connectivity index (χ1n) is 5.08. The molecule has 0 atom stereocenters. The van der Waals surface area contributed by atoms with E-state index in [0.717, 1.165) is 5.56 Å². The quantitative estimate of drug-likeness (QED) is 0.756. The van der Waals surface area contributed by atoms with Gasteiger partial charge in [-0.3, -0.25) is 4.79 Å². The summed E-state index contributed by atoms with van der Waals surface area (Å²) in [6.45, 7) is 0. The molecule has 0 unspecified atom stereocenters. The van der Waals surface area contributed by atoms with Gasteiger partial charge in [0.05, 0.1) is 6.42 Å². The van der Waals surface area contributed by atoms with Crippen LogP contribution < -0.4 is 11.1 Å². The minimum absolute atomic E-state index is 0.0250. The van der Waals surface area contributed by atoms with Gasteiger partial charge >= 0.3 is 0 Å². The van der Waals surface area contributed by atoms with Gasteiger partial charge in [-0.05, 0) is 11.6 Å². The fourth-order valence-electron chi connectivity index (χ4n) is 1.39. The van der Waals surface area contributed by atoms with Crippen molar-refractivity contribution in [3.63, 3.8) is 0 Å². The predicted molar refractivity (Wildman–Crippen MR) is 61.3 cm³/mol. The summed E-state index contributed by atoms with van der Waals surface area (Å²) in [5.41, 5.74) is 7.34. The minimum atomic E-state index is -0.374. The van der Waals surface area contributed by atoms with E-state index >= 15 is 0 Å². The molecule has 0 saturated heterocycles. The maximum absolute atomic E-state index is 11.2. The van der Waals surface area contributed by atoms with Crippen LogP contribution in [0.5, 0.6) is 0 Å². The number of nitrogens with two attached hydrogens (primary N) is 1. The van der Waals surface area contributed by atoms with Crippen LogP contribution in [0.15, 0.2) is 28.8 Å². The molecule has 6 heteroatoms. The van der Waals surface area contributed by atoms with Crippen LogP contribution in [0.1, 0.15) is 22.1 Å². The van der Waals surface area contributed by atoms with Gasteiger partial charge in [-0.25, -0.2) is 0 Å². The first-order chi connectivity index (χ1) is 8.20. The Morgan fingerprint density at radius 1 is 1.47 bits per heavy atom. The van der Waals surface area contributed by atoms with Crippen LogP contribution in [0.4, 0.5) is 5.69 Å². The van der Waals surface area contributed by atoms with E-state index in [0.29, 0.717) is 18.0 Å². The van der Waals surface area contributed by atoms with E-state index < -0.39 is 0 Å². The molecule has 3 N–H and O–H groups in total. The molecule has 1 heterocycles. The fraction of sp³-hybridized carbons (Fsp3) is 0.182. The minimum Gasteiger partial charge on any atom is -0.398 e. The average molecular weight is 232 g/mol. The third-order valence-electron chi connectivity index (χ3n) is 2.30. The maximum Gasteiger partial charge on any atom is 0.292 e. The second-order valence-electron chi connectivity index (χ2n) is 3.47. The van der Waals surface area contributed by atoms with Crippen molar-refractivity contribution < 1.29 is 9.32 Å². The van der Waals surface area contributed by atoms with E-state index in [1.165, 1.54) is 7.05 Å². The van der Waals surface area contributed by atoms with Crippen molar-refractivity contribution >= 4 is 11.6 Å². The second-order valence-corrected chi connectivity index (χ2v) is 3.47. The Bertz CT molecular complexity index is 536. The van der Waals surface area contributed by atoms with Gasteiger partial charge in [-0.15, -0.1) is 0 Å². The van der Waals surface area contributed by atoms with E-state index in [4.69, 9.17) is 10.3 Å². The van der Waals surface area contributed by atoms with Gasteiger partial charge in [-0.2, -0.15) is 4.98 Å². The van der Waals surface area contributed by atoms with Crippen LogP contribution in [-0.2, 0) is 6.42 Å². The molecule has 2 rings (SSSR count). The topological polar surface area (TPSA) is 94.0 Å². The van der Waals surface area contributed by atoms with Gasteiger partial charge < -0.3 is 15.6 Å². The number of carbonyl (C=O) groups excluding carboxylic acids is 1. The average Bonchev–Trinajstić information content (AvgIpc) is 2.80. The fourth-order valence-corrected chi connectivity index (χ4v) is 1.39. The van der Waals surface area contributed by atoms with Crippen LogP contribution in [0.25, 0.3) is 0 Å². The normalized spacial score (nSPS) is 10.2. The van der Waals surface area contributed by atoms with Crippen LogP contribution >= 0.6 is 0 Å². The van der Waals surface area contributed by atoms with Crippen LogP contribution in [0.3, 0.4) is 0 Å². The molecule has 0 spiro atoms. The van der Waals surface area contributed by atoms with Crippen molar-refractivity contribution in [3.8, 4) is 0 Å². The number of carbonyl (C=O) groups is 1. The monoisotopic (exact) mass is 232 g/mol. The Morgan fingerprint density at radius 2 is 2.24 bits per heavy atom. The zero-order chi connectivity index (χ0) is 12.3. The molecule has 0 saturated carbocycles. The molecule has 0 aliphatic rings. The number of aromatic nitrogens is 2. The molecular formula is C11H12N4O2. The van der Waals surface area contributed by atoms with Gasteiger partial charge in [0, 0.05) is 12.7 Å². The lowest BCUT2D eigenvalue weighted by Crippen LogP contribution is -2.19. The zero-order valence-electron chi connectivity index (χ0n) is 9.30. The Balaban J connectivity index is 2.17. The van der Waals surface area contributed by atoms with Gasteiger partial charge in [0.25, 0.3) is 11.7 Å². The Hall–Kier alpha value is -2.37. The summed E-state index contributed by atoms with van der Waals surface area (Å²) in [5, 5.41) is 6.00. The van der Waals surface area contributed by atoms with E-state index in [-0.39, 0.29) is 11.7 Å². The first-order valence-corrected chi connectivity index (χ1v) is 5.08. The number of nitrogens with zero attached hydrogens (tertiary/aromatic N) is 2. The number of rotatable bonds is 3. The molecular weight excluding hydrogens is 220 g/mol. The van der Waals surface area contributed by atoms with Gasteiger partial charge in [0.1, 0.15) is 0 Å². The highest BCUT2D eigenvalue weighted by Crippen LogP contribution is 2.14. The van der Waals surface area contributed by atoms with Crippen LogP contribution in [0.2, 0.25) is 0 Å². The van der Waals surface area contributed by atoms with E-state index in [1.54, 1.807) is 6.07 Å². The molecule has 0 bridgehead atoms. The number of hydrogen-bond donors (Lipinski definition) is 2. The van der Waals surface area contributed by atoms with E-state index in [2.05, 4.69) is 15.5 Å². The molecule has 17 heavy (non-hydrogen) atoms. The highest BCUT2D eigenvalue weighted by atomic mass is 16.5. The number of nitrogen functional groups attached to an aromatic ring is 1. The summed E-state index contributed by atoms with van der Waals surface area (Å²) in [4.78, 5) is 15.2. The van der Waals surface area contributed by atoms with Crippen LogP contribution in [0, 0.1) is 0 Å². The largest absolute Gasteiger partial charge is 0.398 e. The van der Waals surface area contributed by atoms with Crippen molar-refractivity contribution in [2.45, 2.75) is 6.42 Å². The number of anilines is 1. The summed E-state index contributed by atoms with van der Waals surface area (Å²) in [7, 11) is 1.51. The van der Waals surface area contributed by atoms with Crippen molar-refractivity contribution in [1.29, 1.82) is 0 Å². The smallest absolute Gasteiger partial charge is 0.292 e. The molecule has 0 fully saturated rings. The highest BCUT2D eigenvalue weighted by molar-refractivity contribution is 5.89. The standard InChI is InChI=1S/C11H12N4O2/c1-13-11(16)10-14-9(17-15-10)6-7-4-2-3-5-8(7)12/h2-5H,6,12H2,1H3,(H,13,16). The first kappa shape index (κ1) is 11.1. The summed E-state index contributed by atoms with van der Waals surface area (Å²) >= 11 is 0. The van der Waals surface area contributed by atoms with Crippen molar-refractivity contribution in [3.05, 3.63) is 41.5 Å². The maximum atomic E-state index is 11.2. The number of benzene rings is 1. The number of para-hydroxylation sites is 1. The molecule has 6 nitrogen and oxygen atoms in total. The number of amides is 1. The number of hydrogen-bond acceptors (Lipinski definition) is 5. The van der Waals surface area contributed by atoms with Gasteiger partial charge in [0.2, 0.25) is 5.89 Å². The molecule has 1 aromatic carbocycles. The van der Waals surface area contributed by atoms with Crippen LogP contribution in [-0.4, -0.2) is 23.1 Å². The van der Waals surface area contributed by atoms with Crippen molar-refractivity contribution in [1.82, 2.24) is 15.5 Å². The van der Waals surface area contributed by atoms with Crippen molar-refractivity contribution in [2.24, 2.45) is 0 Å². The predicted octanol–water partition coefficient (Wildman–Crippen LogP) is 0.602. The molecule has 88 valence electrons.